The molecular formula is C11H23NO3. The molecule has 15 heavy (non-hydrogen) atoms. The second kappa shape index (κ2) is 7.65. The van der Waals surface area contributed by atoms with Crippen LogP contribution in [0.3, 0.4) is 0 Å². The van der Waals surface area contributed by atoms with Gasteiger partial charge in [0.15, 0.2) is 0 Å². The highest BCUT2D eigenvalue weighted by Crippen LogP contribution is 1.94. The van der Waals surface area contributed by atoms with Gasteiger partial charge in [-0.25, -0.2) is 0 Å². The van der Waals surface area contributed by atoms with E-state index in [1.54, 1.807) is 0 Å². The standard InChI is InChI=1S/C11H23NO3/c1-8(2)6-15-7-10(13)5-12-11(14)9(3)4/h8-10,13H,5-7H2,1-4H3,(H,12,14). The summed E-state index contributed by atoms with van der Waals surface area (Å²) in [5.74, 6) is 0.370. The number of ether oxygens (including phenoxy) is 1. The Morgan fingerprint density at radius 3 is 2.33 bits per heavy atom. The van der Waals surface area contributed by atoms with Crippen LogP contribution >= 0.6 is 0 Å². The van der Waals surface area contributed by atoms with Crippen LogP contribution in [0.2, 0.25) is 0 Å². The molecule has 0 rings (SSSR count). The van der Waals surface area contributed by atoms with Crippen LogP contribution < -0.4 is 5.32 Å². The summed E-state index contributed by atoms with van der Waals surface area (Å²) in [6.45, 7) is 8.90. The first-order chi connectivity index (χ1) is 6.93. The molecule has 1 atom stereocenters. The van der Waals surface area contributed by atoms with Crippen LogP contribution in [0.4, 0.5) is 0 Å². The fourth-order valence-electron chi connectivity index (χ4n) is 0.921. The molecule has 0 aromatic rings. The van der Waals surface area contributed by atoms with Crippen LogP contribution in [0, 0.1) is 11.8 Å². The molecule has 0 saturated carbocycles. The number of hydrogen-bond acceptors (Lipinski definition) is 3. The maximum Gasteiger partial charge on any atom is 0.222 e. The highest BCUT2D eigenvalue weighted by molar-refractivity contribution is 5.77. The summed E-state index contributed by atoms with van der Waals surface area (Å²) < 4.78 is 5.25. The minimum absolute atomic E-state index is 0.0436. The maximum atomic E-state index is 11.2. The zero-order valence-corrected chi connectivity index (χ0v) is 10.1. The molecule has 0 fully saturated rings. The highest BCUT2D eigenvalue weighted by Gasteiger charge is 2.09. The normalized spacial score (nSPS) is 13.3. The van der Waals surface area contributed by atoms with Gasteiger partial charge in [0.05, 0.1) is 12.7 Å². The lowest BCUT2D eigenvalue weighted by Crippen LogP contribution is -2.36. The van der Waals surface area contributed by atoms with Crippen LogP contribution in [0.15, 0.2) is 0 Å². The van der Waals surface area contributed by atoms with Crippen LogP contribution in [0.5, 0.6) is 0 Å². The van der Waals surface area contributed by atoms with E-state index >= 15 is 0 Å². The van der Waals surface area contributed by atoms with Crippen LogP contribution in [0.25, 0.3) is 0 Å². The lowest BCUT2D eigenvalue weighted by molar-refractivity contribution is -0.124. The van der Waals surface area contributed by atoms with Gasteiger partial charge in [-0.3, -0.25) is 4.79 Å². The van der Waals surface area contributed by atoms with E-state index < -0.39 is 6.10 Å². The topological polar surface area (TPSA) is 58.6 Å². The Labute approximate surface area is 92.0 Å². The molecule has 4 nitrogen and oxygen atoms in total. The predicted molar refractivity (Wildman–Crippen MR) is 59.5 cm³/mol. The molecule has 0 aliphatic heterocycles. The van der Waals surface area contributed by atoms with E-state index in [2.05, 4.69) is 5.32 Å². The number of hydrogen-bond donors (Lipinski definition) is 2. The van der Waals surface area contributed by atoms with Gasteiger partial charge in [-0.2, -0.15) is 0 Å². The van der Waals surface area contributed by atoms with Gasteiger partial charge in [0.25, 0.3) is 0 Å². The zero-order chi connectivity index (χ0) is 11.8. The molecule has 2 N–H and O–H groups in total. The van der Waals surface area contributed by atoms with Crippen molar-refractivity contribution in [1.29, 1.82) is 0 Å². The summed E-state index contributed by atoms with van der Waals surface area (Å²) in [7, 11) is 0. The zero-order valence-electron chi connectivity index (χ0n) is 10.1. The second-order valence-electron chi connectivity index (χ2n) is 4.48. The largest absolute Gasteiger partial charge is 0.389 e. The first-order valence-corrected chi connectivity index (χ1v) is 5.47. The molecule has 0 aliphatic carbocycles. The Morgan fingerprint density at radius 1 is 1.27 bits per heavy atom. The van der Waals surface area contributed by atoms with E-state index in [4.69, 9.17) is 4.74 Å². The van der Waals surface area contributed by atoms with Crippen molar-refractivity contribution < 1.29 is 14.6 Å². The Morgan fingerprint density at radius 2 is 1.87 bits per heavy atom. The van der Waals surface area contributed by atoms with E-state index in [0.717, 1.165) is 0 Å². The summed E-state index contributed by atoms with van der Waals surface area (Å²) in [5.41, 5.74) is 0. The molecule has 90 valence electrons. The smallest absolute Gasteiger partial charge is 0.222 e. The third-order valence-electron chi connectivity index (χ3n) is 1.80. The molecule has 0 aliphatic rings. The number of aliphatic hydroxyl groups is 1. The fourth-order valence-corrected chi connectivity index (χ4v) is 0.921. The van der Waals surface area contributed by atoms with Gasteiger partial charge in [0.2, 0.25) is 5.91 Å². The van der Waals surface area contributed by atoms with Gasteiger partial charge in [-0.05, 0) is 5.92 Å². The number of amides is 1. The molecule has 0 aromatic carbocycles. The minimum atomic E-state index is -0.619. The van der Waals surface area contributed by atoms with Gasteiger partial charge < -0.3 is 15.2 Å². The van der Waals surface area contributed by atoms with E-state index in [9.17, 15) is 9.90 Å². The lowest BCUT2D eigenvalue weighted by Gasteiger charge is -2.14. The molecule has 0 spiro atoms. The van der Waals surface area contributed by atoms with Crippen LogP contribution in [0.1, 0.15) is 27.7 Å². The van der Waals surface area contributed by atoms with Crippen molar-refractivity contribution in [2.45, 2.75) is 33.8 Å². The Kier molecular flexibility index (Phi) is 7.34. The maximum absolute atomic E-state index is 11.2. The van der Waals surface area contributed by atoms with Crippen molar-refractivity contribution in [3.05, 3.63) is 0 Å². The van der Waals surface area contributed by atoms with Crippen molar-refractivity contribution in [3.8, 4) is 0 Å². The van der Waals surface area contributed by atoms with Crippen molar-refractivity contribution >= 4 is 5.91 Å². The summed E-state index contributed by atoms with van der Waals surface area (Å²) >= 11 is 0. The summed E-state index contributed by atoms with van der Waals surface area (Å²) in [6, 6.07) is 0. The average Bonchev–Trinajstić information content (AvgIpc) is 2.13. The molecular weight excluding hydrogens is 194 g/mol. The van der Waals surface area contributed by atoms with E-state index in [0.29, 0.717) is 12.5 Å². The number of rotatable bonds is 7. The molecule has 0 aromatic heterocycles. The van der Waals surface area contributed by atoms with Crippen molar-refractivity contribution in [1.82, 2.24) is 5.32 Å². The predicted octanol–water partition coefficient (Wildman–Crippen LogP) is 0.792. The van der Waals surface area contributed by atoms with Gasteiger partial charge in [-0.15, -0.1) is 0 Å². The van der Waals surface area contributed by atoms with Gasteiger partial charge in [-0.1, -0.05) is 27.7 Å². The van der Waals surface area contributed by atoms with Crippen molar-refractivity contribution in [3.63, 3.8) is 0 Å². The summed E-state index contributed by atoms with van der Waals surface area (Å²) in [5, 5.41) is 12.1. The van der Waals surface area contributed by atoms with Crippen molar-refractivity contribution in [2.24, 2.45) is 11.8 Å². The summed E-state index contributed by atoms with van der Waals surface area (Å²) in [4.78, 5) is 11.2. The molecule has 0 heterocycles. The van der Waals surface area contributed by atoms with Crippen LogP contribution in [-0.2, 0) is 9.53 Å². The number of nitrogens with one attached hydrogen (secondary N) is 1. The van der Waals surface area contributed by atoms with Gasteiger partial charge >= 0.3 is 0 Å². The third kappa shape index (κ3) is 8.39. The number of aliphatic hydroxyl groups excluding tert-OH is 1. The second-order valence-corrected chi connectivity index (χ2v) is 4.48. The van der Waals surface area contributed by atoms with Gasteiger partial charge in [0, 0.05) is 19.1 Å². The minimum Gasteiger partial charge on any atom is -0.389 e. The fraction of sp³-hybridized carbons (Fsp3) is 0.909. The number of carbonyl (C=O) groups excluding carboxylic acids is 1. The Hall–Kier alpha value is -0.610. The van der Waals surface area contributed by atoms with Crippen LogP contribution in [-0.4, -0.2) is 36.9 Å². The summed E-state index contributed by atoms with van der Waals surface area (Å²) in [6.07, 6.45) is -0.619. The molecule has 0 bridgehead atoms. The Bertz CT molecular complexity index is 181. The quantitative estimate of drug-likeness (QED) is 0.663. The lowest BCUT2D eigenvalue weighted by atomic mass is 10.2. The molecule has 0 saturated heterocycles. The first-order valence-electron chi connectivity index (χ1n) is 5.47. The van der Waals surface area contributed by atoms with E-state index in [1.165, 1.54) is 0 Å². The van der Waals surface area contributed by atoms with E-state index in [-0.39, 0.29) is 25.0 Å². The third-order valence-corrected chi connectivity index (χ3v) is 1.80. The van der Waals surface area contributed by atoms with Gasteiger partial charge in [0.1, 0.15) is 0 Å². The monoisotopic (exact) mass is 217 g/mol. The Balaban J connectivity index is 3.49. The van der Waals surface area contributed by atoms with E-state index in [1.807, 2.05) is 27.7 Å². The first kappa shape index (κ1) is 14.4. The molecule has 4 heteroatoms. The number of carbonyl (C=O) groups is 1. The van der Waals surface area contributed by atoms with Crippen molar-refractivity contribution in [2.75, 3.05) is 19.8 Å². The highest BCUT2D eigenvalue weighted by atomic mass is 16.5. The molecule has 1 amide bonds. The average molecular weight is 217 g/mol. The molecule has 1 unspecified atom stereocenters. The SMILES string of the molecule is CC(C)COCC(O)CNC(=O)C(C)C. The molecule has 0 radical (unpaired) electrons.